The first kappa shape index (κ1) is 111. The van der Waals surface area contributed by atoms with Crippen LogP contribution in [0, 0.1) is 23.7 Å². The van der Waals surface area contributed by atoms with E-state index in [0.29, 0.717) is 43.4 Å². The molecule has 780 valence electrons. The van der Waals surface area contributed by atoms with E-state index in [0.717, 1.165) is 171 Å². The molecule has 10 aliphatic rings. The number of halogens is 8. The summed E-state index contributed by atoms with van der Waals surface area (Å²) >= 11 is 0. The van der Waals surface area contributed by atoms with Crippen LogP contribution in [0.5, 0.6) is 5.75 Å². The zero-order chi connectivity index (χ0) is 103. The number of carbonyl (C=O) groups excluding carboxylic acids is 1. The van der Waals surface area contributed by atoms with E-state index in [-0.39, 0.29) is 90.1 Å². The lowest BCUT2D eigenvalue weighted by Crippen LogP contribution is -2.61. The third-order valence-electron chi connectivity index (χ3n) is 30.2. The van der Waals surface area contributed by atoms with E-state index in [1.807, 2.05) is 0 Å². The summed E-state index contributed by atoms with van der Waals surface area (Å²) in [6.07, 6.45) is 33.1. The van der Waals surface area contributed by atoms with Crippen molar-refractivity contribution in [3.63, 3.8) is 0 Å². The van der Waals surface area contributed by atoms with Crippen molar-refractivity contribution in [2.75, 3.05) is 0 Å². The molecule has 0 radical (unpaired) electrons. The first-order chi connectivity index (χ1) is 70.1. The van der Waals surface area contributed by atoms with E-state index in [2.05, 4.69) is 285 Å². The van der Waals surface area contributed by atoms with Gasteiger partial charge in [-0.25, -0.2) is 30.0 Å². The fraction of sp³-hybridized carbons (Fsp3) is 0.427. The van der Waals surface area contributed by atoms with Crippen LogP contribution in [-0.4, -0.2) is 81.1 Å². The third kappa shape index (κ3) is 27.4. The van der Waals surface area contributed by atoms with Crippen molar-refractivity contribution < 1.29 is 96.2 Å². The van der Waals surface area contributed by atoms with Crippen LogP contribution in [0.4, 0.5) is 35.1 Å². The fourth-order valence-corrected chi connectivity index (χ4v) is 32.3. The number of rotatable bonds is 25. The second-order valence-corrected chi connectivity index (χ2v) is 52.0. The Morgan fingerprint density at radius 3 is 0.719 bits per heavy atom. The Hall–Kier alpha value is -9.14. The molecule has 0 heterocycles. The summed E-state index contributed by atoms with van der Waals surface area (Å²) < 4.78 is 249. The first-order valence-corrected chi connectivity index (χ1v) is 61.0. The topological polar surface area (TPSA) is 241 Å². The molecule has 0 aliphatic heterocycles. The van der Waals surface area contributed by atoms with Gasteiger partial charge < -0.3 is 22.6 Å². The van der Waals surface area contributed by atoms with E-state index >= 15 is 0 Å². The maximum Gasteiger partial charge on any atom is 0.450 e. The zero-order valence-electron chi connectivity index (χ0n) is 82.0. The summed E-state index contributed by atoms with van der Waals surface area (Å²) in [6.45, 7) is 0. The molecule has 10 saturated carbocycles. The second kappa shape index (κ2) is 50.7. The van der Waals surface area contributed by atoms with Crippen molar-refractivity contribution >= 4 is 79.1 Å². The largest absolute Gasteiger partial charge is 0.744 e. The van der Waals surface area contributed by atoms with Crippen LogP contribution < -0.4 is 4.18 Å². The normalized spacial score (nSPS) is 20.2. The number of hydrogen-bond donors (Lipinski definition) is 0. The predicted octanol–water partition coefficient (Wildman–Crippen LogP) is 30.5. The molecule has 0 unspecified atom stereocenters. The number of carbonyl (C=O) groups is 1. The SMILES string of the molecule is O=C(OC1C2CC3CC(C2)CC1C3)C(F)(F)S(=O)(=O)[O-].O=S(=O)([O-])C(F)(F)C(F)(F)C(F)(F)S(=O)(=O)Oc1c(C2CCCCC2)cc(C2CCCCC2)cc1C1CCCCC1.O=S(=O)([O-])c1c(C2CCCCC2)cc(C2CCCCC2)cc1C1CCCCC1.c1ccc([S+](c2ccccc2)c2ccccc2)cc1.c1ccc([S+](c2ccccc2)c2ccccc2)cc1.c1ccc([S+](c2ccccc2)c2ccccc2)cc1. The van der Waals surface area contributed by atoms with Gasteiger partial charge in [0.05, 0.1) is 37.6 Å². The van der Waals surface area contributed by atoms with E-state index in [9.17, 15) is 87.2 Å². The molecular formula is C117H130F8O14S7. The number of hydrogen-bond acceptors (Lipinski definition) is 14. The van der Waals surface area contributed by atoms with E-state index < -0.39 is 80.0 Å². The molecular weight excluding hydrogens is 2010 g/mol. The summed E-state index contributed by atoms with van der Waals surface area (Å²) in [7, 11) is -24.9. The summed E-state index contributed by atoms with van der Waals surface area (Å²) in [5.41, 5.74) is 4.51. The molecule has 11 aromatic rings. The maximum atomic E-state index is 14.9. The first-order valence-electron chi connectivity index (χ1n) is 51.6. The van der Waals surface area contributed by atoms with Crippen molar-refractivity contribution in [3.8, 4) is 5.75 Å². The van der Waals surface area contributed by atoms with E-state index in [1.54, 1.807) is 12.1 Å². The lowest BCUT2D eigenvalue weighted by Gasteiger charge is -2.53. The molecule has 14 nitrogen and oxygen atoms in total. The Kier molecular flexibility index (Phi) is 38.5. The summed E-state index contributed by atoms with van der Waals surface area (Å²) in [4.78, 5) is 23.8. The average molecular weight is 2140 g/mol. The van der Waals surface area contributed by atoms with Crippen LogP contribution in [0.25, 0.3) is 0 Å². The van der Waals surface area contributed by atoms with Gasteiger partial charge >= 0.3 is 37.8 Å². The molecule has 0 saturated heterocycles. The van der Waals surface area contributed by atoms with Gasteiger partial charge in [0.2, 0.25) is 0 Å². The molecule has 0 amide bonds. The Bertz CT molecular complexity index is 5800. The monoisotopic (exact) mass is 2130 g/mol. The lowest BCUT2D eigenvalue weighted by atomic mass is 9.55. The van der Waals surface area contributed by atoms with Gasteiger partial charge in [0.25, 0.3) is 0 Å². The van der Waals surface area contributed by atoms with Crippen LogP contribution in [-0.2, 0) is 82.7 Å². The molecule has 11 aromatic carbocycles. The predicted molar refractivity (Wildman–Crippen MR) is 556 cm³/mol. The molecule has 29 heteroatoms. The average Bonchev–Trinajstić information content (AvgIpc) is 0.715. The third-order valence-corrected chi connectivity index (χ3v) is 40.8. The lowest BCUT2D eigenvalue weighted by molar-refractivity contribution is -0.247. The van der Waals surface area contributed by atoms with Gasteiger partial charge in [-0.15, -0.1) is 0 Å². The van der Waals surface area contributed by atoms with Crippen LogP contribution in [0.3, 0.4) is 0 Å². The van der Waals surface area contributed by atoms with E-state index in [4.69, 9.17) is 8.92 Å². The maximum absolute atomic E-state index is 14.9. The standard InChI is InChI=1S/C27H36F6O6S2.C24H36O3S.3C18H15S.C12H16F2O5S/c28-25(29,26(30,31)40(34,35)36)27(32,33)41(37,38)39-24-22(19-12-6-2-7-13-19)16-21(18-10-4-1-5-11-18)17-23(24)20-14-8-3-9-15-20;25-28(26,27)24-22(19-12-6-2-7-13-19)16-21(18-10-4-1-5-11-18)17-23(24)20-14-8-3-9-15-20;3*1-4-10-16(11-5-1)19(17-12-6-2-7-13-17)18-14-8-3-9-15-18;13-12(14,20(16,17)18)11(15)19-10-8-2-6-1-7(4-8)5-9(10)3-6/h16-20H,1-15H2,(H,34,35,36);16-20H,1-15H2,(H,25,26,27);3*1-15H;6-10H,1-5H2,(H,16,17,18)/q;;3*+1;/p-3. The summed E-state index contributed by atoms with van der Waals surface area (Å²) in [6, 6.07) is 104. The van der Waals surface area contributed by atoms with Crippen LogP contribution in [0.15, 0.2) is 346 Å². The van der Waals surface area contributed by atoms with Gasteiger partial charge in [-0.05, 0) is 311 Å². The Morgan fingerprint density at radius 2 is 0.500 bits per heavy atom. The molecule has 10 fully saturated rings. The molecule has 4 bridgehead atoms. The molecule has 146 heavy (non-hydrogen) atoms. The quantitative estimate of drug-likeness (QED) is 0.0170. The van der Waals surface area contributed by atoms with Gasteiger partial charge in [0.1, 0.15) is 22.0 Å². The molecule has 0 N–H and O–H groups in total. The van der Waals surface area contributed by atoms with Crippen molar-refractivity contribution in [3.05, 3.63) is 331 Å². The molecule has 21 rings (SSSR count). The molecule has 0 aromatic heterocycles. The fourth-order valence-electron chi connectivity index (χ4n) is 23.2. The molecule has 0 atom stereocenters. The van der Waals surface area contributed by atoms with Crippen molar-refractivity contribution in [1.82, 2.24) is 0 Å². The number of esters is 1. The highest BCUT2D eigenvalue weighted by atomic mass is 32.2. The van der Waals surface area contributed by atoms with Crippen LogP contribution in [0.2, 0.25) is 0 Å². The van der Waals surface area contributed by atoms with Gasteiger partial charge in [0.15, 0.2) is 64.3 Å². The van der Waals surface area contributed by atoms with Crippen LogP contribution in [0.1, 0.15) is 294 Å². The minimum atomic E-state index is -7.38. The second-order valence-electron chi connectivity index (χ2n) is 40.1. The zero-order valence-corrected chi connectivity index (χ0v) is 87.7. The summed E-state index contributed by atoms with van der Waals surface area (Å²) in [5.74, 6) is -8.21. The number of alkyl halides is 8. The van der Waals surface area contributed by atoms with Crippen molar-refractivity contribution in [2.45, 2.75) is 337 Å². The van der Waals surface area contributed by atoms with Crippen molar-refractivity contribution in [1.29, 1.82) is 0 Å². The number of ether oxygens (including phenoxy) is 1. The molecule has 10 aliphatic carbocycles. The van der Waals surface area contributed by atoms with E-state index in [1.165, 1.54) is 94.6 Å². The Labute approximate surface area is 865 Å². The Balaban J connectivity index is 0.000000135. The molecule has 0 spiro atoms. The van der Waals surface area contributed by atoms with Crippen molar-refractivity contribution in [2.24, 2.45) is 23.7 Å². The van der Waals surface area contributed by atoms with Gasteiger partial charge in [-0.2, -0.15) is 43.5 Å². The highest BCUT2D eigenvalue weighted by molar-refractivity contribution is 7.97. The van der Waals surface area contributed by atoms with Gasteiger partial charge in [-0.3, -0.25) is 0 Å². The summed E-state index contributed by atoms with van der Waals surface area (Å²) in [5, 5.41) is -18.7. The highest BCUT2D eigenvalue weighted by Crippen LogP contribution is 2.58. The van der Waals surface area contributed by atoms with Crippen LogP contribution >= 0.6 is 0 Å². The van der Waals surface area contributed by atoms with Gasteiger partial charge in [-0.1, -0.05) is 304 Å². The minimum Gasteiger partial charge on any atom is -0.744 e. The van der Waals surface area contributed by atoms with Gasteiger partial charge in [0, 0.05) is 0 Å². The smallest absolute Gasteiger partial charge is 0.450 e. The highest BCUT2D eigenvalue weighted by Gasteiger charge is 2.81. The minimum absolute atomic E-state index is 0.0146. The Morgan fingerprint density at radius 1 is 0.281 bits per heavy atom. The number of benzene rings is 11.